The number of nitrogens with zero attached hydrogens (tertiary/aromatic N) is 1. The van der Waals surface area contributed by atoms with Gasteiger partial charge in [-0.05, 0) is 55.8 Å². The van der Waals surface area contributed by atoms with Crippen molar-refractivity contribution in [1.82, 2.24) is 4.90 Å². The van der Waals surface area contributed by atoms with Crippen molar-refractivity contribution in [2.45, 2.75) is 25.8 Å². The van der Waals surface area contributed by atoms with Crippen molar-refractivity contribution in [2.75, 3.05) is 20.2 Å². The molecule has 120 valence electrons. The van der Waals surface area contributed by atoms with E-state index in [4.69, 9.17) is 4.74 Å². The van der Waals surface area contributed by atoms with Crippen molar-refractivity contribution in [2.24, 2.45) is 0 Å². The molecule has 1 heterocycles. The van der Waals surface area contributed by atoms with Crippen molar-refractivity contribution in [3.05, 3.63) is 65.2 Å². The summed E-state index contributed by atoms with van der Waals surface area (Å²) < 4.78 is 5.16. The van der Waals surface area contributed by atoms with Crippen molar-refractivity contribution in [3.63, 3.8) is 0 Å². The first-order valence-electron chi connectivity index (χ1n) is 8.27. The van der Waals surface area contributed by atoms with Crippen molar-refractivity contribution in [3.8, 4) is 5.75 Å². The maximum atomic E-state index is 12.8. The van der Waals surface area contributed by atoms with Crippen LogP contribution in [-0.4, -0.2) is 30.9 Å². The van der Waals surface area contributed by atoms with Crippen molar-refractivity contribution in [1.29, 1.82) is 0 Å². The van der Waals surface area contributed by atoms with E-state index in [1.165, 1.54) is 19.3 Å². The molecule has 0 saturated carbocycles. The second-order valence-electron chi connectivity index (χ2n) is 6.05. The van der Waals surface area contributed by atoms with Crippen LogP contribution in [0.15, 0.2) is 48.5 Å². The van der Waals surface area contributed by atoms with Crippen LogP contribution in [-0.2, 0) is 6.54 Å². The van der Waals surface area contributed by atoms with Crippen LogP contribution in [0.4, 0.5) is 0 Å². The normalized spacial score (nSPS) is 15.3. The molecule has 0 spiro atoms. The molecule has 1 aliphatic rings. The Morgan fingerprint density at radius 3 is 2.39 bits per heavy atom. The van der Waals surface area contributed by atoms with E-state index in [1.54, 1.807) is 7.11 Å². The van der Waals surface area contributed by atoms with Crippen molar-refractivity contribution < 1.29 is 9.53 Å². The highest BCUT2D eigenvalue weighted by Gasteiger charge is 2.17. The van der Waals surface area contributed by atoms with E-state index in [9.17, 15) is 4.79 Å². The number of carbonyl (C=O) groups is 1. The Kier molecular flexibility index (Phi) is 5.09. The molecule has 0 radical (unpaired) electrons. The standard InChI is InChI=1S/C20H23NO2/c1-23-18-11-9-16(10-12-18)20(22)19-8-4-3-7-17(19)15-21-13-5-2-6-14-21/h3-4,7-12H,2,5-6,13-15H2,1H3. The summed E-state index contributed by atoms with van der Waals surface area (Å²) in [6.45, 7) is 3.12. The summed E-state index contributed by atoms with van der Waals surface area (Å²) in [5.41, 5.74) is 2.63. The second-order valence-corrected chi connectivity index (χ2v) is 6.05. The van der Waals surface area contributed by atoms with Gasteiger partial charge in [0, 0.05) is 17.7 Å². The Bertz CT molecular complexity index is 658. The number of methoxy groups -OCH3 is 1. The van der Waals surface area contributed by atoms with Crippen LogP contribution in [0.2, 0.25) is 0 Å². The summed E-state index contributed by atoms with van der Waals surface area (Å²) in [6.07, 6.45) is 3.84. The Balaban J connectivity index is 1.81. The largest absolute Gasteiger partial charge is 0.497 e. The highest BCUT2D eigenvalue weighted by Crippen LogP contribution is 2.20. The SMILES string of the molecule is COc1ccc(C(=O)c2ccccc2CN2CCCCC2)cc1. The highest BCUT2D eigenvalue weighted by molar-refractivity contribution is 6.09. The average molecular weight is 309 g/mol. The van der Waals surface area contributed by atoms with Gasteiger partial charge in [0.05, 0.1) is 7.11 Å². The van der Waals surface area contributed by atoms with Crippen LogP contribution in [0.1, 0.15) is 40.7 Å². The van der Waals surface area contributed by atoms with Crippen LogP contribution in [0.5, 0.6) is 5.75 Å². The summed E-state index contributed by atoms with van der Waals surface area (Å²) in [5, 5.41) is 0. The van der Waals surface area contributed by atoms with E-state index < -0.39 is 0 Å². The zero-order chi connectivity index (χ0) is 16.1. The Hall–Kier alpha value is -2.13. The second kappa shape index (κ2) is 7.42. The number of ether oxygens (including phenoxy) is 1. The quantitative estimate of drug-likeness (QED) is 0.784. The topological polar surface area (TPSA) is 29.5 Å². The van der Waals surface area contributed by atoms with Crippen LogP contribution in [0, 0.1) is 0 Å². The molecule has 2 aromatic rings. The lowest BCUT2D eigenvalue weighted by Crippen LogP contribution is -2.29. The van der Waals surface area contributed by atoms with Gasteiger partial charge < -0.3 is 4.74 Å². The summed E-state index contributed by atoms with van der Waals surface area (Å²) >= 11 is 0. The van der Waals surface area contributed by atoms with Gasteiger partial charge in [-0.25, -0.2) is 0 Å². The van der Waals surface area contributed by atoms with Gasteiger partial charge in [-0.2, -0.15) is 0 Å². The maximum Gasteiger partial charge on any atom is 0.193 e. The molecule has 23 heavy (non-hydrogen) atoms. The molecule has 0 aromatic heterocycles. The number of likely N-dealkylation sites (tertiary alicyclic amines) is 1. The average Bonchev–Trinajstić information content (AvgIpc) is 2.62. The minimum atomic E-state index is 0.0836. The first-order valence-corrected chi connectivity index (χ1v) is 8.27. The van der Waals surface area contributed by atoms with Gasteiger partial charge in [-0.1, -0.05) is 30.7 Å². The van der Waals surface area contributed by atoms with E-state index >= 15 is 0 Å². The van der Waals surface area contributed by atoms with Crippen LogP contribution < -0.4 is 4.74 Å². The summed E-state index contributed by atoms with van der Waals surface area (Å²) in [6, 6.07) is 15.3. The van der Waals surface area contributed by atoms with Crippen LogP contribution in [0.3, 0.4) is 0 Å². The third-order valence-electron chi connectivity index (χ3n) is 4.46. The molecule has 3 rings (SSSR count). The van der Waals surface area contributed by atoms with E-state index in [2.05, 4.69) is 11.0 Å². The van der Waals surface area contributed by atoms with Crippen molar-refractivity contribution >= 4 is 5.78 Å². The van der Waals surface area contributed by atoms with Gasteiger partial charge >= 0.3 is 0 Å². The third kappa shape index (κ3) is 3.80. The lowest BCUT2D eigenvalue weighted by Gasteiger charge is -2.27. The molecule has 0 aliphatic carbocycles. The zero-order valence-electron chi connectivity index (χ0n) is 13.6. The molecule has 0 amide bonds. The number of rotatable bonds is 5. The Morgan fingerprint density at radius 2 is 1.70 bits per heavy atom. The molecule has 1 fully saturated rings. The first-order chi connectivity index (χ1) is 11.3. The number of hydrogen-bond donors (Lipinski definition) is 0. The van der Waals surface area contributed by atoms with Gasteiger partial charge in [-0.15, -0.1) is 0 Å². The molecule has 1 aliphatic heterocycles. The number of piperidine rings is 1. The zero-order valence-corrected chi connectivity index (χ0v) is 13.6. The number of hydrogen-bond acceptors (Lipinski definition) is 3. The molecular formula is C20H23NO2. The van der Waals surface area contributed by atoms with Crippen LogP contribution >= 0.6 is 0 Å². The molecule has 3 heteroatoms. The molecule has 0 bridgehead atoms. The fourth-order valence-corrected chi connectivity index (χ4v) is 3.14. The number of benzene rings is 2. The Labute approximate surface area is 137 Å². The minimum Gasteiger partial charge on any atom is -0.497 e. The summed E-state index contributed by atoms with van der Waals surface area (Å²) in [5.74, 6) is 0.850. The highest BCUT2D eigenvalue weighted by atomic mass is 16.5. The molecule has 3 nitrogen and oxygen atoms in total. The van der Waals surface area contributed by atoms with E-state index in [0.717, 1.165) is 36.5 Å². The molecule has 0 N–H and O–H groups in total. The smallest absolute Gasteiger partial charge is 0.193 e. The molecule has 0 unspecified atom stereocenters. The number of ketones is 1. The fourth-order valence-electron chi connectivity index (χ4n) is 3.14. The van der Waals surface area contributed by atoms with Gasteiger partial charge in [0.1, 0.15) is 5.75 Å². The van der Waals surface area contributed by atoms with E-state index in [1.807, 2.05) is 42.5 Å². The van der Waals surface area contributed by atoms with Gasteiger partial charge in [0.2, 0.25) is 0 Å². The van der Waals surface area contributed by atoms with Gasteiger partial charge in [-0.3, -0.25) is 9.69 Å². The monoisotopic (exact) mass is 309 g/mol. The Morgan fingerprint density at radius 1 is 1.00 bits per heavy atom. The summed E-state index contributed by atoms with van der Waals surface area (Å²) in [4.78, 5) is 15.3. The number of carbonyl (C=O) groups excluding carboxylic acids is 1. The van der Waals surface area contributed by atoms with E-state index in [-0.39, 0.29) is 5.78 Å². The predicted molar refractivity (Wildman–Crippen MR) is 92.0 cm³/mol. The third-order valence-corrected chi connectivity index (χ3v) is 4.46. The molecule has 0 atom stereocenters. The molecular weight excluding hydrogens is 286 g/mol. The summed E-state index contributed by atoms with van der Waals surface area (Å²) in [7, 11) is 1.63. The van der Waals surface area contributed by atoms with Crippen LogP contribution in [0.25, 0.3) is 0 Å². The van der Waals surface area contributed by atoms with E-state index in [0.29, 0.717) is 5.56 Å². The predicted octanol–water partition coefficient (Wildman–Crippen LogP) is 3.91. The maximum absolute atomic E-state index is 12.8. The van der Waals surface area contributed by atoms with Gasteiger partial charge in [0.15, 0.2) is 5.78 Å². The lowest BCUT2D eigenvalue weighted by molar-refractivity contribution is 0.103. The van der Waals surface area contributed by atoms with Gasteiger partial charge in [0.25, 0.3) is 0 Å². The fraction of sp³-hybridized carbons (Fsp3) is 0.350. The molecule has 1 saturated heterocycles. The molecule has 2 aromatic carbocycles. The minimum absolute atomic E-state index is 0.0836. The first kappa shape index (κ1) is 15.8. The lowest BCUT2D eigenvalue weighted by atomic mass is 9.97.